The lowest BCUT2D eigenvalue weighted by Gasteiger charge is -2.12. The molecule has 1 aliphatic heterocycles. The first-order chi connectivity index (χ1) is 10.6. The van der Waals surface area contributed by atoms with Gasteiger partial charge in [-0.1, -0.05) is 30.3 Å². The Bertz CT molecular complexity index is 487. The minimum absolute atomic E-state index is 0.0750. The first kappa shape index (κ1) is 16.5. The van der Waals surface area contributed by atoms with Gasteiger partial charge in [-0.2, -0.15) is 0 Å². The normalized spacial score (nSPS) is 20.7. The molecule has 0 amide bonds. The van der Waals surface area contributed by atoms with Crippen LogP contribution in [0.2, 0.25) is 0 Å². The highest BCUT2D eigenvalue weighted by atomic mass is 16.7. The largest absolute Gasteiger partial charge is 0.481 e. The van der Waals surface area contributed by atoms with Crippen molar-refractivity contribution < 1.29 is 28.9 Å². The summed E-state index contributed by atoms with van der Waals surface area (Å²) in [5, 5.41) is 8.50. The third-order valence-electron chi connectivity index (χ3n) is 3.27. The summed E-state index contributed by atoms with van der Waals surface area (Å²) in [6.45, 7) is 0.535. The Hall–Kier alpha value is -1.92. The van der Waals surface area contributed by atoms with Gasteiger partial charge in [-0.05, 0) is 12.8 Å². The van der Waals surface area contributed by atoms with Crippen LogP contribution >= 0.6 is 0 Å². The SMILES string of the molecule is O=C(O)CCCCC(=O)OCC1CO[C@H](c2ccccc2)O1. The maximum atomic E-state index is 11.5. The fraction of sp³-hybridized carbons (Fsp3) is 0.500. The first-order valence-corrected chi connectivity index (χ1v) is 7.34. The molecular weight excluding hydrogens is 288 g/mol. The van der Waals surface area contributed by atoms with E-state index in [-0.39, 0.29) is 31.5 Å². The molecule has 1 saturated heterocycles. The van der Waals surface area contributed by atoms with Gasteiger partial charge in [0.05, 0.1) is 6.61 Å². The van der Waals surface area contributed by atoms with Gasteiger partial charge in [-0.3, -0.25) is 9.59 Å². The zero-order chi connectivity index (χ0) is 15.8. The number of benzene rings is 1. The van der Waals surface area contributed by atoms with E-state index in [2.05, 4.69) is 0 Å². The molecule has 1 heterocycles. The Balaban J connectivity index is 1.62. The average Bonchev–Trinajstić information content (AvgIpc) is 2.99. The Labute approximate surface area is 129 Å². The summed E-state index contributed by atoms with van der Waals surface area (Å²) in [7, 11) is 0. The zero-order valence-corrected chi connectivity index (χ0v) is 12.3. The molecule has 2 atom stereocenters. The van der Waals surface area contributed by atoms with Gasteiger partial charge >= 0.3 is 11.9 Å². The topological polar surface area (TPSA) is 82.1 Å². The number of rotatable bonds is 8. The summed E-state index contributed by atoms with van der Waals surface area (Å²) in [5.41, 5.74) is 0.935. The van der Waals surface area contributed by atoms with Crippen molar-refractivity contribution in [3.8, 4) is 0 Å². The van der Waals surface area contributed by atoms with Crippen molar-refractivity contribution in [3.05, 3.63) is 35.9 Å². The number of carbonyl (C=O) groups excluding carboxylic acids is 1. The van der Waals surface area contributed by atoms with Gasteiger partial charge in [-0.25, -0.2) is 0 Å². The molecule has 0 radical (unpaired) electrons. The van der Waals surface area contributed by atoms with E-state index in [4.69, 9.17) is 19.3 Å². The second kappa shape index (κ2) is 8.51. The molecular formula is C16H20O6. The molecule has 1 unspecified atom stereocenters. The first-order valence-electron chi connectivity index (χ1n) is 7.34. The highest BCUT2D eigenvalue weighted by Gasteiger charge is 2.28. The maximum Gasteiger partial charge on any atom is 0.305 e. The number of unbranched alkanes of at least 4 members (excludes halogenated alkanes) is 1. The minimum Gasteiger partial charge on any atom is -0.481 e. The highest BCUT2D eigenvalue weighted by Crippen LogP contribution is 2.26. The van der Waals surface area contributed by atoms with Crippen LogP contribution in [0.4, 0.5) is 0 Å². The van der Waals surface area contributed by atoms with Crippen molar-refractivity contribution in [3.63, 3.8) is 0 Å². The van der Waals surface area contributed by atoms with Crippen LogP contribution in [-0.4, -0.2) is 36.4 Å². The number of hydrogen-bond acceptors (Lipinski definition) is 5. The molecule has 0 saturated carbocycles. The molecule has 1 aromatic carbocycles. The Morgan fingerprint density at radius 1 is 1.18 bits per heavy atom. The third kappa shape index (κ3) is 5.46. The Morgan fingerprint density at radius 2 is 1.91 bits per heavy atom. The van der Waals surface area contributed by atoms with Crippen LogP contribution in [0, 0.1) is 0 Å². The monoisotopic (exact) mass is 308 g/mol. The van der Waals surface area contributed by atoms with E-state index in [0.29, 0.717) is 19.4 Å². The smallest absolute Gasteiger partial charge is 0.305 e. The van der Waals surface area contributed by atoms with Crippen molar-refractivity contribution >= 4 is 11.9 Å². The number of hydrogen-bond donors (Lipinski definition) is 1. The van der Waals surface area contributed by atoms with E-state index in [1.807, 2.05) is 30.3 Å². The van der Waals surface area contributed by atoms with E-state index in [1.54, 1.807) is 0 Å². The van der Waals surface area contributed by atoms with Crippen molar-refractivity contribution in [2.24, 2.45) is 0 Å². The predicted molar refractivity (Wildman–Crippen MR) is 77.1 cm³/mol. The molecule has 0 aromatic heterocycles. The van der Waals surface area contributed by atoms with E-state index >= 15 is 0 Å². The lowest BCUT2D eigenvalue weighted by Crippen LogP contribution is -2.20. The standard InChI is InChI=1S/C16H20O6/c17-14(18)8-4-5-9-15(19)20-10-13-11-21-16(22-13)12-6-2-1-3-7-12/h1-3,6-7,13,16H,4-5,8-11H2,(H,17,18)/t13?,16-/m0/s1. The third-order valence-corrected chi connectivity index (χ3v) is 3.27. The van der Waals surface area contributed by atoms with Crippen LogP contribution in [0.3, 0.4) is 0 Å². The van der Waals surface area contributed by atoms with Gasteiger partial charge < -0.3 is 19.3 Å². The molecule has 0 spiro atoms. The molecule has 1 aliphatic rings. The number of aliphatic carboxylic acids is 1. The van der Waals surface area contributed by atoms with Gasteiger partial charge in [0, 0.05) is 18.4 Å². The molecule has 6 heteroatoms. The van der Waals surface area contributed by atoms with Crippen molar-refractivity contribution in [1.29, 1.82) is 0 Å². The van der Waals surface area contributed by atoms with Crippen molar-refractivity contribution in [2.45, 2.75) is 38.1 Å². The predicted octanol–water partition coefficient (Wildman–Crippen LogP) is 2.29. The number of esters is 1. The van der Waals surface area contributed by atoms with Crippen LogP contribution in [0.1, 0.15) is 37.5 Å². The summed E-state index contributed by atoms with van der Waals surface area (Å²) in [6, 6.07) is 9.57. The summed E-state index contributed by atoms with van der Waals surface area (Å²) in [4.78, 5) is 21.9. The lowest BCUT2D eigenvalue weighted by atomic mass is 10.2. The highest BCUT2D eigenvalue weighted by molar-refractivity contribution is 5.69. The lowest BCUT2D eigenvalue weighted by molar-refractivity contribution is -0.148. The van der Waals surface area contributed by atoms with Gasteiger partial charge in [0.15, 0.2) is 6.29 Å². The van der Waals surface area contributed by atoms with Crippen LogP contribution in [0.5, 0.6) is 0 Å². The van der Waals surface area contributed by atoms with Crippen LogP contribution < -0.4 is 0 Å². The molecule has 22 heavy (non-hydrogen) atoms. The fourth-order valence-corrected chi connectivity index (χ4v) is 2.12. The minimum atomic E-state index is -0.850. The molecule has 1 aromatic rings. The van der Waals surface area contributed by atoms with Gasteiger partial charge in [0.2, 0.25) is 0 Å². The van der Waals surface area contributed by atoms with Gasteiger partial charge in [-0.15, -0.1) is 0 Å². The number of carboxylic acids is 1. The molecule has 1 fully saturated rings. The Morgan fingerprint density at radius 3 is 2.64 bits per heavy atom. The molecule has 2 rings (SSSR count). The quantitative estimate of drug-likeness (QED) is 0.586. The zero-order valence-electron chi connectivity index (χ0n) is 12.3. The van der Waals surface area contributed by atoms with Crippen LogP contribution in [0.25, 0.3) is 0 Å². The van der Waals surface area contributed by atoms with E-state index in [9.17, 15) is 9.59 Å². The van der Waals surface area contributed by atoms with E-state index in [1.165, 1.54) is 0 Å². The van der Waals surface area contributed by atoms with Crippen molar-refractivity contribution in [2.75, 3.05) is 13.2 Å². The van der Waals surface area contributed by atoms with E-state index in [0.717, 1.165) is 5.56 Å². The Kier molecular flexibility index (Phi) is 6.36. The second-order valence-electron chi connectivity index (χ2n) is 5.12. The fourth-order valence-electron chi connectivity index (χ4n) is 2.12. The summed E-state index contributed by atoms with van der Waals surface area (Å²) >= 11 is 0. The van der Waals surface area contributed by atoms with E-state index < -0.39 is 12.3 Å². The van der Waals surface area contributed by atoms with Crippen molar-refractivity contribution in [1.82, 2.24) is 0 Å². The number of carboxylic acid groups (broad SMARTS) is 1. The molecule has 0 aliphatic carbocycles. The summed E-state index contributed by atoms with van der Waals surface area (Å²) in [5.74, 6) is -1.19. The summed E-state index contributed by atoms with van der Waals surface area (Å²) in [6.07, 6.45) is 0.603. The summed E-state index contributed by atoms with van der Waals surface area (Å²) < 4.78 is 16.3. The molecule has 120 valence electrons. The molecule has 6 nitrogen and oxygen atoms in total. The molecule has 0 bridgehead atoms. The second-order valence-corrected chi connectivity index (χ2v) is 5.12. The number of ether oxygens (including phenoxy) is 3. The van der Waals surface area contributed by atoms with Crippen LogP contribution in [0.15, 0.2) is 30.3 Å². The number of carbonyl (C=O) groups is 2. The van der Waals surface area contributed by atoms with Crippen LogP contribution in [-0.2, 0) is 23.8 Å². The maximum absolute atomic E-state index is 11.5. The van der Waals surface area contributed by atoms with Gasteiger partial charge in [0.1, 0.15) is 12.7 Å². The molecule has 1 N–H and O–H groups in total. The average molecular weight is 308 g/mol. The van der Waals surface area contributed by atoms with Gasteiger partial charge in [0.25, 0.3) is 0 Å².